The highest BCUT2D eigenvalue weighted by atomic mass is 16.7. The van der Waals surface area contributed by atoms with Crippen LogP contribution in [0.2, 0.25) is 0 Å². The van der Waals surface area contributed by atoms with E-state index in [2.05, 4.69) is 5.32 Å². The zero-order valence-corrected chi connectivity index (χ0v) is 9.80. The van der Waals surface area contributed by atoms with Crippen LogP contribution in [0.4, 0.5) is 5.69 Å². The first-order chi connectivity index (χ1) is 8.56. The molecule has 0 aromatic heterocycles. The number of hydrogen-bond acceptors (Lipinski definition) is 4. The highest BCUT2D eigenvalue weighted by molar-refractivity contribution is 5.93. The summed E-state index contributed by atoms with van der Waals surface area (Å²) >= 11 is 0. The molecule has 1 aliphatic heterocycles. The fraction of sp³-hybridized carbons (Fsp3) is 0.333. The van der Waals surface area contributed by atoms with Crippen molar-refractivity contribution in [3.8, 4) is 11.5 Å². The molecule has 1 atom stereocenters. The molecule has 0 radical (unpaired) electrons. The number of nitrogens with one attached hydrogen (secondary N) is 1. The van der Waals surface area contributed by atoms with Gasteiger partial charge in [0.05, 0.1) is 5.92 Å². The smallest absolute Gasteiger partial charge is 0.306 e. The van der Waals surface area contributed by atoms with Crippen molar-refractivity contribution in [3.63, 3.8) is 0 Å². The minimum absolute atomic E-state index is 0.0657. The minimum atomic E-state index is -0.990. The zero-order valence-electron chi connectivity index (χ0n) is 9.80. The number of rotatable bonds is 4. The molecule has 6 nitrogen and oxygen atoms in total. The molecule has 1 unspecified atom stereocenters. The van der Waals surface area contributed by atoms with E-state index in [-0.39, 0.29) is 19.1 Å². The lowest BCUT2D eigenvalue weighted by atomic mass is 10.1. The lowest BCUT2D eigenvalue weighted by molar-refractivity contribution is -0.142. The van der Waals surface area contributed by atoms with E-state index >= 15 is 0 Å². The second kappa shape index (κ2) is 4.95. The van der Waals surface area contributed by atoms with Crippen LogP contribution in [0.3, 0.4) is 0 Å². The second-order valence-electron chi connectivity index (χ2n) is 4.06. The number of carboxylic acids is 1. The van der Waals surface area contributed by atoms with Gasteiger partial charge in [0.15, 0.2) is 11.5 Å². The molecule has 0 bridgehead atoms. The Labute approximate surface area is 104 Å². The summed E-state index contributed by atoms with van der Waals surface area (Å²) in [5, 5.41) is 11.3. The molecule has 1 aromatic carbocycles. The average Bonchev–Trinajstić information content (AvgIpc) is 2.75. The van der Waals surface area contributed by atoms with Crippen LogP contribution >= 0.6 is 0 Å². The van der Waals surface area contributed by atoms with Crippen LogP contribution < -0.4 is 14.8 Å². The molecule has 0 saturated heterocycles. The van der Waals surface area contributed by atoms with Gasteiger partial charge in [0, 0.05) is 18.2 Å². The van der Waals surface area contributed by atoms with Crippen molar-refractivity contribution in [1.82, 2.24) is 0 Å². The summed E-state index contributed by atoms with van der Waals surface area (Å²) in [5.41, 5.74) is 0.557. The van der Waals surface area contributed by atoms with Crippen LogP contribution in [-0.2, 0) is 9.59 Å². The molecule has 1 heterocycles. The monoisotopic (exact) mass is 251 g/mol. The van der Waals surface area contributed by atoms with Gasteiger partial charge in [-0.2, -0.15) is 0 Å². The van der Waals surface area contributed by atoms with E-state index < -0.39 is 11.9 Å². The second-order valence-corrected chi connectivity index (χ2v) is 4.06. The Morgan fingerprint density at radius 2 is 2.11 bits per heavy atom. The highest BCUT2D eigenvalue weighted by Crippen LogP contribution is 2.34. The number of carbonyl (C=O) groups is 2. The van der Waals surface area contributed by atoms with Gasteiger partial charge in [0.25, 0.3) is 0 Å². The van der Waals surface area contributed by atoms with Crippen LogP contribution in [-0.4, -0.2) is 23.8 Å². The van der Waals surface area contributed by atoms with Gasteiger partial charge in [-0.3, -0.25) is 9.59 Å². The molecule has 0 saturated carbocycles. The number of carbonyl (C=O) groups excluding carboxylic acids is 1. The third-order valence-electron chi connectivity index (χ3n) is 2.57. The van der Waals surface area contributed by atoms with Gasteiger partial charge in [-0.05, 0) is 12.1 Å². The lowest BCUT2D eigenvalue weighted by Gasteiger charge is -2.08. The number of benzene rings is 1. The van der Waals surface area contributed by atoms with E-state index in [0.29, 0.717) is 17.2 Å². The summed E-state index contributed by atoms with van der Waals surface area (Å²) in [6, 6.07) is 5.01. The van der Waals surface area contributed by atoms with E-state index in [1.807, 2.05) is 0 Å². The van der Waals surface area contributed by atoms with Crippen molar-refractivity contribution in [2.75, 3.05) is 12.1 Å². The maximum absolute atomic E-state index is 11.6. The number of anilines is 1. The summed E-state index contributed by atoms with van der Waals surface area (Å²) < 4.78 is 10.3. The summed E-state index contributed by atoms with van der Waals surface area (Å²) in [6.07, 6.45) is -0.0657. The molecule has 96 valence electrons. The Balaban J connectivity index is 1.97. The number of ether oxygens (including phenoxy) is 2. The van der Waals surface area contributed by atoms with E-state index in [0.717, 1.165) is 0 Å². The van der Waals surface area contributed by atoms with Crippen molar-refractivity contribution >= 4 is 17.6 Å². The first-order valence-corrected chi connectivity index (χ1v) is 5.48. The van der Waals surface area contributed by atoms with Crippen LogP contribution in [0.15, 0.2) is 18.2 Å². The normalized spacial score (nSPS) is 14.1. The van der Waals surface area contributed by atoms with E-state index in [1.165, 1.54) is 6.92 Å². The summed E-state index contributed by atoms with van der Waals surface area (Å²) in [4.78, 5) is 22.2. The Morgan fingerprint density at radius 3 is 2.83 bits per heavy atom. The fourth-order valence-corrected chi connectivity index (χ4v) is 1.55. The fourth-order valence-electron chi connectivity index (χ4n) is 1.55. The third kappa shape index (κ3) is 2.71. The van der Waals surface area contributed by atoms with Gasteiger partial charge >= 0.3 is 5.97 Å². The zero-order chi connectivity index (χ0) is 13.1. The predicted molar refractivity (Wildman–Crippen MR) is 62.6 cm³/mol. The van der Waals surface area contributed by atoms with Crippen LogP contribution in [0.1, 0.15) is 13.3 Å². The molecule has 0 spiro atoms. The third-order valence-corrected chi connectivity index (χ3v) is 2.57. The summed E-state index contributed by atoms with van der Waals surface area (Å²) in [6.45, 7) is 1.66. The van der Waals surface area contributed by atoms with Gasteiger partial charge in [-0.15, -0.1) is 0 Å². The summed E-state index contributed by atoms with van der Waals surface area (Å²) in [5.74, 6) is -0.843. The van der Waals surface area contributed by atoms with Crippen molar-refractivity contribution in [2.24, 2.45) is 5.92 Å². The quantitative estimate of drug-likeness (QED) is 0.846. The van der Waals surface area contributed by atoms with Gasteiger partial charge in [0.1, 0.15) is 0 Å². The first kappa shape index (κ1) is 12.2. The Hall–Kier alpha value is -2.24. The number of amides is 1. The van der Waals surface area contributed by atoms with Crippen molar-refractivity contribution < 1.29 is 24.2 Å². The molecule has 2 N–H and O–H groups in total. The van der Waals surface area contributed by atoms with Gasteiger partial charge in [-0.25, -0.2) is 0 Å². The Bertz CT molecular complexity index is 485. The van der Waals surface area contributed by atoms with Crippen LogP contribution in [0.5, 0.6) is 11.5 Å². The number of fused-ring (bicyclic) bond motifs is 1. The number of hydrogen-bond donors (Lipinski definition) is 2. The van der Waals surface area contributed by atoms with Gasteiger partial charge < -0.3 is 19.9 Å². The van der Waals surface area contributed by atoms with Crippen LogP contribution in [0, 0.1) is 5.92 Å². The number of aliphatic carboxylic acids is 1. The standard InChI is InChI=1S/C12H13NO5/c1-7(12(15)16)4-11(14)13-8-2-3-9-10(5-8)18-6-17-9/h2-3,5,7H,4,6H2,1H3,(H,13,14)(H,15,16). The molecular weight excluding hydrogens is 238 g/mol. The average molecular weight is 251 g/mol. The van der Waals surface area contributed by atoms with Crippen molar-refractivity contribution in [3.05, 3.63) is 18.2 Å². The van der Waals surface area contributed by atoms with Crippen LogP contribution in [0.25, 0.3) is 0 Å². The van der Waals surface area contributed by atoms with E-state index in [9.17, 15) is 9.59 Å². The Morgan fingerprint density at radius 1 is 1.39 bits per heavy atom. The Kier molecular flexibility index (Phi) is 3.36. The highest BCUT2D eigenvalue weighted by Gasteiger charge is 2.17. The molecule has 6 heteroatoms. The predicted octanol–water partition coefficient (Wildman–Crippen LogP) is 1.46. The number of carboxylic acid groups (broad SMARTS) is 1. The van der Waals surface area contributed by atoms with Gasteiger partial charge in [0.2, 0.25) is 12.7 Å². The minimum Gasteiger partial charge on any atom is -0.481 e. The summed E-state index contributed by atoms with van der Waals surface area (Å²) in [7, 11) is 0. The maximum Gasteiger partial charge on any atom is 0.306 e. The SMILES string of the molecule is CC(CC(=O)Nc1ccc2c(c1)OCO2)C(=O)O. The molecule has 1 aromatic rings. The van der Waals surface area contributed by atoms with E-state index in [4.69, 9.17) is 14.6 Å². The molecule has 1 amide bonds. The van der Waals surface area contributed by atoms with Gasteiger partial charge in [-0.1, -0.05) is 6.92 Å². The van der Waals surface area contributed by atoms with Crippen molar-refractivity contribution in [1.29, 1.82) is 0 Å². The maximum atomic E-state index is 11.6. The molecule has 18 heavy (non-hydrogen) atoms. The molecule has 2 rings (SSSR count). The molecular formula is C12H13NO5. The molecule has 1 aliphatic rings. The van der Waals surface area contributed by atoms with E-state index in [1.54, 1.807) is 18.2 Å². The first-order valence-electron chi connectivity index (χ1n) is 5.48. The lowest BCUT2D eigenvalue weighted by Crippen LogP contribution is -2.19. The van der Waals surface area contributed by atoms with Crippen molar-refractivity contribution in [2.45, 2.75) is 13.3 Å². The molecule has 0 fully saturated rings. The largest absolute Gasteiger partial charge is 0.481 e. The topological polar surface area (TPSA) is 84.9 Å². The molecule has 0 aliphatic carbocycles.